The van der Waals surface area contributed by atoms with Crippen LogP contribution in [0.25, 0.3) is 0 Å². The van der Waals surface area contributed by atoms with Crippen molar-refractivity contribution in [2.24, 2.45) is 5.73 Å². The second-order valence-electron chi connectivity index (χ2n) is 4.64. The Labute approximate surface area is 109 Å². The van der Waals surface area contributed by atoms with E-state index in [1.54, 1.807) is 24.2 Å². The molecule has 0 aromatic carbocycles. The van der Waals surface area contributed by atoms with Crippen molar-refractivity contribution in [2.45, 2.75) is 13.0 Å². The van der Waals surface area contributed by atoms with Crippen LogP contribution in [0.4, 0.5) is 0 Å². The first-order chi connectivity index (χ1) is 8.54. The maximum Gasteiger partial charge on any atom is 0.272 e. The molecule has 0 fully saturated rings. The number of rotatable bonds is 6. The molecule has 0 aliphatic rings. The van der Waals surface area contributed by atoms with Crippen LogP contribution in [0.5, 0.6) is 0 Å². The second kappa shape index (κ2) is 7.08. The molecule has 0 atom stereocenters. The number of hydrogen-bond acceptors (Lipinski definition) is 4. The molecule has 0 spiro atoms. The molecule has 1 aromatic heterocycles. The highest BCUT2D eigenvalue weighted by molar-refractivity contribution is 5.92. The first-order valence-corrected chi connectivity index (χ1v) is 6.09. The summed E-state index contributed by atoms with van der Waals surface area (Å²) in [5.74, 6) is -0.0441. The summed E-state index contributed by atoms with van der Waals surface area (Å²) in [6.07, 6.45) is 2.61. The minimum atomic E-state index is -0.0441. The van der Waals surface area contributed by atoms with Crippen LogP contribution in [-0.2, 0) is 6.54 Å². The maximum absolute atomic E-state index is 12.0. The van der Waals surface area contributed by atoms with Crippen molar-refractivity contribution >= 4 is 5.91 Å². The molecule has 0 aliphatic carbocycles. The molecule has 0 saturated heterocycles. The zero-order valence-electron chi connectivity index (χ0n) is 11.4. The molecular formula is C13H22N4O. The molecule has 5 nitrogen and oxygen atoms in total. The average molecular weight is 250 g/mol. The van der Waals surface area contributed by atoms with Crippen LogP contribution in [-0.4, -0.2) is 54.9 Å². The van der Waals surface area contributed by atoms with Crippen LogP contribution in [0.1, 0.15) is 22.5 Å². The van der Waals surface area contributed by atoms with E-state index in [1.807, 2.05) is 20.2 Å². The number of aromatic nitrogens is 1. The van der Waals surface area contributed by atoms with Crippen molar-refractivity contribution in [1.29, 1.82) is 0 Å². The van der Waals surface area contributed by atoms with Crippen molar-refractivity contribution in [3.05, 3.63) is 29.6 Å². The van der Waals surface area contributed by atoms with Gasteiger partial charge in [-0.2, -0.15) is 0 Å². The van der Waals surface area contributed by atoms with Gasteiger partial charge >= 0.3 is 0 Å². The van der Waals surface area contributed by atoms with Crippen LogP contribution < -0.4 is 5.73 Å². The van der Waals surface area contributed by atoms with E-state index in [-0.39, 0.29) is 5.91 Å². The van der Waals surface area contributed by atoms with Gasteiger partial charge in [-0.1, -0.05) is 6.07 Å². The van der Waals surface area contributed by atoms with Crippen molar-refractivity contribution in [3.63, 3.8) is 0 Å². The van der Waals surface area contributed by atoms with Gasteiger partial charge < -0.3 is 15.5 Å². The summed E-state index contributed by atoms with van der Waals surface area (Å²) in [6, 6.07) is 3.57. The first kappa shape index (κ1) is 14.6. The standard InChI is InChI=1S/C13H22N4O/c1-16(2)7-4-8-17(3)13(18)12-6-5-11(9-14)10-15-12/h5-6,10H,4,7-9,14H2,1-3H3. The zero-order valence-corrected chi connectivity index (χ0v) is 11.4. The highest BCUT2D eigenvalue weighted by Gasteiger charge is 2.12. The second-order valence-corrected chi connectivity index (χ2v) is 4.64. The minimum absolute atomic E-state index is 0.0441. The summed E-state index contributed by atoms with van der Waals surface area (Å²) < 4.78 is 0. The quantitative estimate of drug-likeness (QED) is 0.801. The van der Waals surface area contributed by atoms with Gasteiger partial charge in [-0.3, -0.25) is 9.78 Å². The lowest BCUT2D eigenvalue weighted by Crippen LogP contribution is -2.30. The Morgan fingerprint density at radius 3 is 2.50 bits per heavy atom. The Balaban J connectivity index is 2.51. The summed E-state index contributed by atoms with van der Waals surface area (Å²) in [5.41, 5.74) is 6.89. The lowest BCUT2D eigenvalue weighted by molar-refractivity contribution is 0.0785. The minimum Gasteiger partial charge on any atom is -0.340 e. The first-order valence-electron chi connectivity index (χ1n) is 6.09. The van der Waals surface area contributed by atoms with Gasteiger partial charge in [-0.05, 0) is 38.7 Å². The Morgan fingerprint density at radius 2 is 2.00 bits per heavy atom. The third kappa shape index (κ3) is 4.43. The van der Waals surface area contributed by atoms with E-state index in [4.69, 9.17) is 5.73 Å². The Bertz CT molecular complexity index is 375. The fraction of sp³-hybridized carbons (Fsp3) is 0.538. The summed E-state index contributed by atoms with van der Waals surface area (Å²) in [6.45, 7) is 2.15. The van der Waals surface area contributed by atoms with Crippen LogP contribution in [0.2, 0.25) is 0 Å². The molecule has 1 amide bonds. The van der Waals surface area contributed by atoms with Gasteiger partial charge in [-0.15, -0.1) is 0 Å². The maximum atomic E-state index is 12.0. The molecule has 0 bridgehead atoms. The number of nitrogens with two attached hydrogens (primary N) is 1. The third-order valence-electron chi connectivity index (χ3n) is 2.73. The molecule has 0 radical (unpaired) electrons. The Kier molecular flexibility index (Phi) is 5.74. The number of nitrogens with zero attached hydrogens (tertiary/aromatic N) is 3. The van der Waals surface area contributed by atoms with Crippen molar-refractivity contribution in [1.82, 2.24) is 14.8 Å². The van der Waals surface area contributed by atoms with Crippen LogP contribution >= 0.6 is 0 Å². The summed E-state index contributed by atoms with van der Waals surface area (Å²) in [7, 11) is 5.85. The molecule has 2 N–H and O–H groups in total. The van der Waals surface area contributed by atoms with E-state index in [0.717, 1.165) is 25.1 Å². The predicted octanol–water partition coefficient (Wildman–Crippen LogP) is 0.564. The monoisotopic (exact) mass is 250 g/mol. The van der Waals surface area contributed by atoms with Crippen molar-refractivity contribution in [3.8, 4) is 0 Å². The van der Waals surface area contributed by atoms with Crippen LogP contribution in [0.15, 0.2) is 18.3 Å². The lowest BCUT2D eigenvalue weighted by atomic mass is 10.2. The van der Waals surface area contributed by atoms with Gasteiger partial charge in [0, 0.05) is 26.3 Å². The molecule has 1 aromatic rings. The molecule has 0 unspecified atom stereocenters. The number of carbonyl (C=O) groups is 1. The average Bonchev–Trinajstić information content (AvgIpc) is 2.37. The van der Waals surface area contributed by atoms with E-state index in [9.17, 15) is 4.79 Å². The predicted molar refractivity (Wildman–Crippen MR) is 72.3 cm³/mol. The van der Waals surface area contributed by atoms with Gasteiger partial charge in [0.2, 0.25) is 0 Å². The molecule has 5 heteroatoms. The smallest absolute Gasteiger partial charge is 0.272 e. The Hall–Kier alpha value is -1.46. The third-order valence-corrected chi connectivity index (χ3v) is 2.73. The van der Waals surface area contributed by atoms with E-state index in [0.29, 0.717) is 12.2 Å². The topological polar surface area (TPSA) is 62.5 Å². The highest BCUT2D eigenvalue weighted by Crippen LogP contribution is 2.03. The van der Waals surface area contributed by atoms with Gasteiger partial charge in [0.1, 0.15) is 5.69 Å². The van der Waals surface area contributed by atoms with Crippen molar-refractivity contribution in [2.75, 3.05) is 34.2 Å². The fourth-order valence-corrected chi connectivity index (χ4v) is 1.59. The molecule has 1 heterocycles. The van der Waals surface area contributed by atoms with Crippen LogP contribution in [0, 0.1) is 0 Å². The van der Waals surface area contributed by atoms with E-state index >= 15 is 0 Å². The summed E-state index contributed by atoms with van der Waals surface area (Å²) in [5, 5.41) is 0. The fourth-order valence-electron chi connectivity index (χ4n) is 1.59. The van der Waals surface area contributed by atoms with Gasteiger partial charge in [0.15, 0.2) is 0 Å². The zero-order chi connectivity index (χ0) is 13.5. The molecule has 18 heavy (non-hydrogen) atoms. The van der Waals surface area contributed by atoms with E-state index in [2.05, 4.69) is 9.88 Å². The van der Waals surface area contributed by atoms with Gasteiger partial charge in [0.05, 0.1) is 0 Å². The van der Waals surface area contributed by atoms with Crippen LogP contribution in [0.3, 0.4) is 0 Å². The Morgan fingerprint density at radius 1 is 1.28 bits per heavy atom. The number of pyridine rings is 1. The van der Waals surface area contributed by atoms with E-state index in [1.165, 1.54) is 0 Å². The normalized spacial score (nSPS) is 10.7. The highest BCUT2D eigenvalue weighted by atomic mass is 16.2. The number of carbonyl (C=O) groups excluding carboxylic acids is 1. The number of hydrogen-bond donors (Lipinski definition) is 1. The lowest BCUT2D eigenvalue weighted by Gasteiger charge is -2.18. The molecule has 100 valence electrons. The summed E-state index contributed by atoms with van der Waals surface area (Å²) in [4.78, 5) is 20.0. The largest absolute Gasteiger partial charge is 0.340 e. The molecule has 0 saturated carbocycles. The van der Waals surface area contributed by atoms with Gasteiger partial charge in [-0.25, -0.2) is 0 Å². The SMILES string of the molecule is CN(C)CCCN(C)C(=O)c1ccc(CN)cn1. The van der Waals surface area contributed by atoms with Crippen molar-refractivity contribution < 1.29 is 4.79 Å². The molecule has 0 aliphatic heterocycles. The molecule has 1 rings (SSSR count). The molecular weight excluding hydrogens is 228 g/mol. The van der Waals surface area contributed by atoms with E-state index < -0.39 is 0 Å². The summed E-state index contributed by atoms with van der Waals surface area (Å²) >= 11 is 0. The van der Waals surface area contributed by atoms with Gasteiger partial charge in [0.25, 0.3) is 5.91 Å². The number of amides is 1.